The standard InChI is InChI=1S/C20H17F2NO3.C20H19F2NO2/c1-11(20(25)26)14-5-2-4-12-10-13(8-9-15(12)14)23-19(24)18-16(21)6-3-7-17(18)22;1-12(11-24)15-5-2-4-13-10-14(8-9-16(13)15)23-20(25)19-17(21)6-3-7-18(19)22/h3,6-10H,2,4-5H2,1H3,(H,23,24)(H,25,26);3,6-10,24H,2,4-5,11H2,1H3,(H,23,25)/b14-11+;15-12+. The Morgan fingerprint density at radius 3 is 1.45 bits per heavy atom. The zero-order valence-corrected chi connectivity index (χ0v) is 28.0. The third-order valence-corrected chi connectivity index (χ3v) is 9.03. The molecule has 0 fully saturated rings. The number of amides is 2. The molecule has 0 aromatic heterocycles. The summed E-state index contributed by atoms with van der Waals surface area (Å²) in [5, 5.41) is 23.7. The van der Waals surface area contributed by atoms with E-state index in [2.05, 4.69) is 10.6 Å². The van der Waals surface area contributed by atoms with E-state index < -0.39 is 52.2 Å². The van der Waals surface area contributed by atoms with Crippen LogP contribution in [-0.2, 0) is 17.6 Å². The number of carboxylic acid groups (broad SMARTS) is 1. The number of aliphatic carboxylic acids is 1. The number of allylic oxidation sites excluding steroid dienone is 2. The highest BCUT2D eigenvalue weighted by molar-refractivity contribution is 6.05. The number of rotatable bonds is 6. The van der Waals surface area contributed by atoms with Crippen molar-refractivity contribution in [3.05, 3.63) is 141 Å². The number of carboxylic acids is 1. The lowest BCUT2D eigenvalue weighted by Gasteiger charge is -2.22. The zero-order valence-electron chi connectivity index (χ0n) is 28.0. The second-order valence-electron chi connectivity index (χ2n) is 12.4. The Bertz CT molecular complexity index is 2050. The molecule has 0 unspecified atom stereocenters. The van der Waals surface area contributed by atoms with Crippen LogP contribution in [-0.4, -0.2) is 34.6 Å². The first-order chi connectivity index (χ1) is 24.4. The second kappa shape index (κ2) is 16.0. The van der Waals surface area contributed by atoms with Gasteiger partial charge in [0.25, 0.3) is 11.8 Å². The maximum Gasteiger partial charge on any atom is 0.331 e. The Morgan fingerprint density at radius 1 is 0.627 bits per heavy atom. The van der Waals surface area contributed by atoms with Crippen molar-refractivity contribution in [2.75, 3.05) is 17.2 Å². The van der Waals surface area contributed by atoms with E-state index in [-0.39, 0.29) is 6.61 Å². The monoisotopic (exact) mass is 700 g/mol. The minimum absolute atomic E-state index is 0.0137. The molecule has 11 heteroatoms. The lowest BCUT2D eigenvalue weighted by atomic mass is 9.84. The number of anilines is 2. The van der Waals surface area contributed by atoms with Gasteiger partial charge >= 0.3 is 5.97 Å². The van der Waals surface area contributed by atoms with Crippen molar-refractivity contribution < 1.29 is 42.2 Å². The number of carbonyl (C=O) groups is 3. The van der Waals surface area contributed by atoms with Crippen molar-refractivity contribution in [1.82, 2.24) is 0 Å². The summed E-state index contributed by atoms with van der Waals surface area (Å²) in [6.45, 7) is 3.49. The first-order valence-corrected chi connectivity index (χ1v) is 16.4. The van der Waals surface area contributed by atoms with Gasteiger partial charge in [0.2, 0.25) is 0 Å². The maximum atomic E-state index is 13.7. The fraction of sp³-hybridized carbons (Fsp3) is 0.225. The van der Waals surface area contributed by atoms with Gasteiger partial charge in [0.05, 0.1) is 6.61 Å². The number of aliphatic hydroxyl groups excluding tert-OH is 1. The van der Waals surface area contributed by atoms with E-state index in [1.807, 2.05) is 19.1 Å². The number of hydrogen-bond donors (Lipinski definition) is 4. The van der Waals surface area contributed by atoms with Crippen LogP contribution in [0.4, 0.5) is 28.9 Å². The number of aryl methyl sites for hydroxylation is 2. The van der Waals surface area contributed by atoms with Gasteiger partial charge in [-0.15, -0.1) is 0 Å². The summed E-state index contributed by atoms with van der Waals surface area (Å²) >= 11 is 0. The molecule has 6 rings (SSSR count). The molecule has 7 nitrogen and oxygen atoms in total. The van der Waals surface area contributed by atoms with Gasteiger partial charge in [0.1, 0.15) is 34.4 Å². The molecule has 4 N–H and O–H groups in total. The van der Waals surface area contributed by atoms with Crippen molar-refractivity contribution in [3.63, 3.8) is 0 Å². The summed E-state index contributed by atoms with van der Waals surface area (Å²) < 4.78 is 54.9. The Morgan fingerprint density at radius 2 is 1.04 bits per heavy atom. The molecule has 2 aliphatic carbocycles. The van der Waals surface area contributed by atoms with Crippen LogP contribution in [0.5, 0.6) is 0 Å². The topological polar surface area (TPSA) is 116 Å². The van der Waals surface area contributed by atoms with Crippen molar-refractivity contribution in [2.24, 2.45) is 0 Å². The first kappa shape index (κ1) is 36.7. The van der Waals surface area contributed by atoms with Gasteiger partial charge < -0.3 is 20.8 Å². The molecule has 0 saturated heterocycles. The number of benzene rings is 4. The van der Waals surface area contributed by atoms with Gasteiger partial charge in [-0.25, -0.2) is 22.4 Å². The highest BCUT2D eigenvalue weighted by atomic mass is 19.1. The minimum atomic E-state index is -0.958. The molecule has 4 aromatic carbocycles. The van der Waals surface area contributed by atoms with Gasteiger partial charge in [0.15, 0.2) is 0 Å². The van der Waals surface area contributed by atoms with Crippen molar-refractivity contribution in [1.29, 1.82) is 0 Å². The van der Waals surface area contributed by atoms with E-state index in [9.17, 15) is 42.2 Å². The zero-order chi connectivity index (χ0) is 36.8. The van der Waals surface area contributed by atoms with Gasteiger partial charge in [-0.2, -0.15) is 0 Å². The van der Waals surface area contributed by atoms with Crippen molar-refractivity contribution in [3.8, 4) is 0 Å². The minimum Gasteiger partial charge on any atom is -0.478 e. The van der Waals surface area contributed by atoms with Crippen LogP contribution < -0.4 is 10.6 Å². The molecule has 0 heterocycles. The third kappa shape index (κ3) is 8.26. The fourth-order valence-electron chi connectivity index (χ4n) is 6.40. The van der Waals surface area contributed by atoms with Gasteiger partial charge in [0, 0.05) is 16.9 Å². The highest BCUT2D eigenvalue weighted by Gasteiger charge is 2.22. The van der Waals surface area contributed by atoms with Crippen molar-refractivity contribution >= 4 is 40.3 Å². The average Bonchev–Trinajstić information content (AvgIpc) is 3.10. The normalized spacial score (nSPS) is 15.4. The molecular formula is C40H36F4N2O5. The van der Waals surface area contributed by atoms with Crippen LogP contribution in [0.15, 0.2) is 83.9 Å². The predicted molar refractivity (Wildman–Crippen MR) is 187 cm³/mol. The molecule has 0 aliphatic heterocycles. The van der Waals surface area contributed by atoms with Crippen LogP contribution in [0, 0.1) is 23.3 Å². The Labute approximate surface area is 292 Å². The molecule has 51 heavy (non-hydrogen) atoms. The smallest absolute Gasteiger partial charge is 0.331 e. The Kier molecular flexibility index (Phi) is 11.5. The molecule has 2 amide bonds. The quantitative estimate of drug-likeness (QED) is 0.119. The summed E-state index contributed by atoms with van der Waals surface area (Å²) in [6.07, 6.45) is 4.94. The van der Waals surface area contributed by atoms with Gasteiger partial charge in [-0.05, 0) is 140 Å². The third-order valence-electron chi connectivity index (χ3n) is 9.03. The average molecular weight is 701 g/mol. The first-order valence-electron chi connectivity index (χ1n) is 16.4. The van der Waals surface area contributed by atoms with Crippen LogP contribution in [0.1, 0.15) is 82.5 Å². The predicted octanol–water partition coefficient (Wildman–Crippen LogP) is 8.73. The van der Waals surface area contributed by atoms with E-state index in [4.69, 9.17) is 0 Å². The van der Waals surface area contributed by atoms with E-state index in [0.717, 1.165) is 95.3 Å². The number of aliphatic hydroxyl groups is 1. The Balaban J connectivity index is 0.000000198. The lowest BCUT2D eigenvalue weighted by molar-refractivity contribution is -0.132. The number of fused-ring (bicyclic) bond motifs is 2. The summed E-state index contributed by atoms with van der Waals surface area (Å²) in [5.41, 5.74) is 6.68. The molecule has 0 saturated carbocycles. The van der Waals surface area contributed by atoms with Crippen molar-refractivity contribution in [2.45, 2.75) is 52.4 Å². The molecule has 0 atom stereocenters. The van der Waals surface area contributed by atoms with Crippen LogP contribution in [0.2, 0.25) is 0 Å². The molecular weight excluding hydrogens is 664 g/mol. The number of carbonyl (C=O) groups excluding carboxylic acids is 2. The number of hydrogen-bond acceptors (Lipinski definition) is 4. The highest BCUT2D eigenvalue weighted by Crippen LogP contribution is 2.36. The molecule has 264 valence electrons. The number of halogens is 4. The van der Waals surface area contributed by atoms with E-state index in [1.54, 1.807) is 31.2 Å². The van der Waals surface area contributed by atoms with Gasteiger partial charge in [-0.1, -0.05) is 24.3 Å². The lowest BCUT2D eigenvalue weighted by Crippen LogP contribution is -2.16. The van der Waals surface area contributed by atoms with Crippen LogP contribution in [0.3, 0.4) is 0 Å². The largest absolute Gasteiger partial charge is 0.478 e. The molecule has 0 spiro atoms. The number of nitrogens with one attached hydrogen (secondary N) is 2. The second-order valence-corrected chi connectivity index (χ2v) is 12.4. The van der Waals surface area contributed by atoms with E-state index in [0.29, 0.717) is 23.4 Å². The summed E-state index contributed by atoms with van der Waals surface area (Å²) in [5.74, 6) is -6.27. The van der Waals surface area contributed by atoms with E-state index in [1.165, 1.54) is 12.1 Å². The summed E-state index contributed by atoms with van der Waals surface area (Å²) in [4.78, 5) is 35.7. The molecule has 0 radical (unpaired) electrons. The van der Waals surface area contributed by atoms with Crippen LogP contribution in [0.25, 0.3) is 11.1 Å². The summed E-state index contributed by atoms with van der Waals surface area (Å²) in [6, 6.07) is 17.1. The fourth-order valence-corrected chi connectivity index (χ4v) is 6.40. The van der Waals surface area contributed by atoms with Crippen LogP contribution >= 0.6 is 0 Å². The SMILES string of the molecule is C/C(C(=O)O)=C1/CCCc2cc(NC(=O)c3c(F)cccc3F)ccc21.C/C(CO)=C1/CCCc2cc(NC(=O)c3c(F)cccc3F)ccc21. The Hall–Kier alpha value is -5.55. The van der Waals surface area contributed by atoms with Gasteiger partial charge in [-0.3, -0.25) is 9.59 Å². The maximum absolute atomic E-state index is 13.7. The molecule has 0 bridgehead atoms. The summed E-state index contributed by atoms with van der Waals surface area (Å²) in [7, 11) is 0. The molecule has 2 aliphatic rings. The molecule has 4 aromatic rings. The van der Waals surface area contributed by atoms with E-state index >= 15 is 0 Å².